The second-order valence-corrected chi connectivity index (χ2v) is 14.3. The van der Waals surface area contributed by atoms with E-state index in [4.69, 9.17) is 9.05 Å². The molecule has 17 heteroatoms. The van der Waals surface area contributed by atoms with Crippen LogP contribution in [0.4, 0.5) is 24.5 Å². The molecule has 12 nitrogen and oxygen atoms in total. The molecule has 0 aliphatic rings. The lowest BCUT2D eigenvalue weighted by atomic mass is 10.00. The van der Waals surface area contributed by atoms with Gasteiger partial charge < -0.3 is 9.05 Å². The van der Waals surface area contributed by atoms with Gasteiger partial charge in [-0.05, 0) is 81.2 Å². The number of fused-ring (bicyclic) bond motifs is 2. The molecular weight excluding hydrogens is 702 g/mol. The molecule has 0 aliphatic heterocycles. The largest absolute Gasteiger partial charge is 0.526 e. The molecule has 254 valence electrons. The predicted octanol–water partition coefficient (Wildman–Crippen LogP) is 9.15. The number of alkyl halides is 3. The fourth-order valence-corrected chi connectivity index (χ4v) is 7.83. The van der Waals surface area contributed by atoms with Gasteiger partial charge in [-0.3, -0.25) is 20.2 Å². The van der Waals surface area contributed by atoms with E-state index < -0.39 is 33.1 Å². The zero-order valence-electron chi connectivity index (χ0n) is 25.1. The van der Waals surface area contributed by atoms with Crippen molar-refractivity contribution in [3.05, 3.63) is 142 Å². The Balaban J connectivity index is 1.54. The van der Waals surface area contributed by atoms with Gasteiger partial charge in [-0.25, -0.2) is 13.0 Å². The van der Waals surface area contributed by atoms with Crippen LogP contribution >= 0.6 is 7.75 Å². The number of rotatable bonds is 10. The minimum atomic E-state index is -6.38. The fourth-order valence-electron chi connectivity index (χ4n) is 5.08. The van der Waals surface area contributed by atoms with Crippen molar-refractivity contribution in [3.8, 4) is 33.8 Å². The van der Waals surface area contributed by atoms with Crippen molar-refractivity contribution in [1.29, 1.82) is 0 Å². The number of nitro benzene ring substituents is 2. The average molecular weight is 724 g/mol. The number of halogens is 3. The summed E-state index contributed by atoms with van der Waals surface area (Å²) in [6.45, 7) is 0. The molecule has 0 unspecified atom stereocenters. The molecule has 50 heavy (non-hydrogen) atoms. The summed E-state index contributed by atoms with van der Waals surface area (Å²) in [6.07, 6.45) is 0. The topological polar surface area (TPSA) is 168 Å². The molecule has 6 aromatic carbocycles. The first-order chi connectivity index (χ1) is 23.6. The number of nitrogens with zero attached hydrogens (tertiary/aromatic N) is 2. The van der Waals surface area contributed by atoms with E-state index in [-0.39, 0.29) is 45.1 Å². The molecule has 6 rings (SSSR count). The van der Waals surface area contributed by atoms with Crippen LogP contribution < -0.4 is 13.5 Å². The number of nitro groups is 2. The van der Waals surface area contributed by atoms with Crippen molar-refractivity contribution in [2.24, 2.45) is 0 Å². The Morgan fingerprint density at radius 3 is 1.26 bits per heavy atom. The summed E-state index contributed by atoms with van der Waals surface area (Å²) >= 11 is 0. The van der Waals surface area contributed by atoms with Crippen LogP contribution in [0.1, 0.15) is 0 Å². The number of benzene rings is 6. The van der Waals surface area contributed by atoms with E-state index in [9.17, 15) is 46.4 Å². The quantitative estimate of drug-likeness (QED) is 0.0823. The van der Waals surface area contributed by atoms with Crippen LogP contribution in [-0.2, 0) is 14.6 Å². The van der Waals surface area contributed by atoms with E-state index >= 15 is 0 Å². The molecule has 0 saturated heterocycles. The highest BCUT2D eigenvalue weighted by Gasteiger charge is 2.52. The van der Waals surface area contributed by atoms with Gasteiger partial charge in [0.05, 0.1) is 9.85 Å². The van der Waals surface area contributed by atoms with Crippen molar-refractivity contribution in [3.63, 3.8) is 0 Å². The summed E-state index contributed by atoms with van der Waals surface area (Å²) in [5.41, 5.74) is -5.80. The van der Waals surface area contributed by atoms with Crippen LogP contribution in [0.2, 0.25) is 0 Å². The lowest BCUT2D eigenvalue weighted by Gasteiger charge is -2.24. The van der Waals surface area contributed by atoms with Crippen LogP contribution in [0.15, 0.2) is 121 Å². The first kappa shape index (κ1) is 34.0. The first-order valence-corrected chi connectivity index (χ1v) is 17.3. The first-order valence-electron chi connectivity index (χ1n) is 14.3. The predicted molar refractivity (Wildman–Crippen MR) is 179 cm³/mol. The highest BCUT2D eigenvalue weighted by atomic mass is 32.2. The molecule has 0 saturated carbocycles. The Hall–Kier alpha value is -5.83. The lowest BCUT2D eigenvalue weighted by molar-refractivity contribution is -0.385. The van der Waals surface area contributed by atoms with Gasteiger partial charge in [0.1, 0.15) is 11.5 Å². The van der Waals surface area contributed by atoms with E-state index in [1.54, 1.807) is 48.5 Å². The Morgan fingerprint density at radius 1 is 0.600 bits per heavy atom. The molecule has 0 radical (unpaired) electrons. The van der Waals surface area contributed by atoms with E-state index in [2.05, 4.69) is 0 Å². The van der Waals surface area contributed by atoms with Gasteiger partial charge >= 0.3 is 23.3 Å². The maximum absolute atomic E-state index is 14.5. The van der Waals surface area contributed by atoms with Crippen LogP contribution in [0.3, 0.4) is 0 Å². The second kappa shape index (κ2) is 12.9. The summed E-state index contributed by atoms with van der Waals surface area (Å²) in [5.74, 6) is -0.771. The van der Waals surface area contributed by atoms with Crippen molar-refractivity contribution in [2.75, 3.05) is 0 Å². The third-order valence-corrected chi connectivity index (χ3v) is 10.8. The van der Waals surface area contributed by atoms with Crippen LogP contribution in [0, 0.1) is 20.2 Å². The summed E-state index contributed by atoms with van der Waals surface area (Å²) in [7, 11) is -12.0. The molecule has 0 heterocycles. The zero-order valence-corrected chi connectivity index (χ0v) is 26.8. The third kappa shape index (κ3) is 6.98. The van der Waals surface area contributed by atoms with Gasteiger partial charge in [0, 0.05) is 35.4 Å². The van der Waals surface area contributed by atoms with E-state index in [1.165, 1.54) is 72.8 Å². The summed E-state index contributed by atoms with van der Waals surface area (Å²) in [4.78, 5) is 21.3. The summed E-state index contributed by atoms with van der Waals surface area (Å²) in [5, 5.41) is 24.6. The van der Waals surface area contributed by atoms with Gasteiger partial charge in [0.25, 0.3) is 11.4 Å². The Labute approximate surface area is 280 Å². The van der Waals surface area contributed by atoms with E-state index in [1.807, 2.05) is 0 Å². The minimum absolute atomic E-state index is 0.0859. The molecule has 0 fully saturated rings. The molecule has 6 aromatic rings. The van der Waals surface area contributed by atoms with Crippen molar-refractivity contribution < 1.29 is 45.0 Å². The number of hydrogen-bond acceptors (Lipinski definition) is 9. The molecule has 0 aromatic heterocycles. The highest BCUT2D eigenvalue weighted by Crippen LogP contribution is 2.52. The maximum atomic E-state index is 14.5. The molecule has 0 aliphatic carbocycles. The highest BCUT2D eigenvalue weighted by molar-refractivity contribution is 7.95. The molecular formula is C33H21F3N3O9PS. The monoisotopic (exact) mass is 723 g/mol. The Morgan fingerprint density at radius 2 is 0.940 bits per heavy atom. The van der Waals surface area contributed by atoms with Gasteiger partial charge in [-0.2, -0.15) is 13.2 Å². The average Bonchev–Trinajstić information content (AvgIpc) is 3.07. The van der Waals surface area contributed by atoms with Gasteiger partial charge in [-0.1, -0.05) is 53.0 Å². The molecule has 0 spiro atoms. The molecule has 0 bridgehead atoms. The van der Waals surface area contributed by atoms with Crippen molar-refractivity contribution in [2.45, 2.75) is 5.51 Å². The van der Waals surface area contributed by atoms with Gasteiger partial charge in [-0.15, -0.1) is 0 Å². The summed E-state index contributed by atoms with van der Waals surface area (Å²) in [6, 6.07) is 29.0. The van der Waals surface area contributed by atoms with Gasteiger partial charge in [0.2, 0.25) is 0 Å². The van der Waals surface area contributed by atoms with Gasteiger partial charge in [0.15, 0.2) is 0 Å². The second-order valence-electron chi connectivity index (χ2n) is 10.7. The van der Waals surface area contributed by atoms with Crippen molar-refractivity contribution >= 4 is 50.7 Å². The number of non-ortho nitro benzene ring substituents is 2. The maximum Gasteiger partial charge on any atom is 0.526 e. The van der Waals surface area contributed by atoms with Crippen LogP contribution in [-0.4, -0.2) is 23.8 Å². The standard InChI is InChI=1S/C33H21F3N3O9PS/c34-33(35,36)50(45,46)37-49(44,47-31-19-25-7-3-1-5-23(25)17-29(31)21-9-13-27(14-10-21)38(40)41)48-32-20-26-8-4-2-6-24(26)18-30(32)22-11-15-28(16-12-22)39(42)43/h1-20H,(H,37,44). The number of sulfonamides is 1. The van der Waals surface area contributed by atoms with Crippen LogP contribution in [0.5, 0.6) is 11.5 Å². The van der Waals surface area contributed by atoms with E-state index in [0.717, 1.165) is 4.49 Å². The number of nitrogens with one attached hydrogen (secondary N) is 1. The van der Waals surface area contributed by atoms with Crippen molar-refractivity contribution in [1.82, 2.24) is 4.49 Å². The molecule has 1 N–H and O–H groups in total. The lowest BCUT2D eigenvalue weighted by Crippen LogP contribution is -2.36. The SMILES string of the molecule is O=[N+]([O-])c1ccc(-c2cc3ccccc3cc2OP(=O)(NS(=O)(=O)C(F)(F)F)Oc2cc3ccccc3cc2-c2ccc([N+](=O)[O-])cc2)cc1. The number of hydrogen-bond donors (Lipinski definition) is 1. The normalized spacial score (nSPS) is 12.1. The summed E-state index contributed by atoms with van der Waals surface area (Å²) < 4.78 is 93.2. The fraction of sp³-hybridized carbons (Fsp3) is 0.0303. The molecule has 0 atom stereocenters. The smallest absolute Gasteiger partial charge is 0.403 e. The minimum Gasteiger partial charge on any atom is -0.403 e. The Kier molecular flexibility index (Phi) is 8.78. The zero-order chi connectivity index (χ0) is 35.8. The van der Waals surface area contributed by atoms with Crippen LogP contribution in [0.25, 0.3) is 43.8 Å². The van der Waals surface area contributed by atoms with E-state index in [0.29, 0.717) is 21.5 Å². The Bertz CT molecular complexity index is 2310. The molecule has 0 amide bonds. The third-order valence-electron chi connectivity index (χ3n) is 7.45.